The number of carbonyl (C=O) groups excluding carboxylic acids is 2. The third-order valence-corrected chi connectivity index (χ3v) is 15.2. The monoisotopic (exact) mass is 1120 g/mol. The van der Waals surface area contributed by atoms with Crippen molar-refractivity contribution in [2.24, 2.45) is 0 Å². The van der Waals surface area contributed by atoms with Gasteiger partial charge in [0.2, 0.25) is 5.91 Å². The number of hydrogen-bond donors (Lipinski definition) is 1. The first kappa shape index (κ1) is 61.1. The van der Waals surface area contributed by atoms with Crippen LogP contribution in [0.25, 0.3) is 44.8 Å². The third-order valence-electron chi connectivity index (χ3n) is 15.2. The highest BCUT2D eigenvalue weighted by atomic mass is 16.6. The van der Waals surface area contributed by atoms with E-state index < -0.39 is 11.6 Å². The van der Waals surface area contributed by atoms with Crippen LogP contribution in [0.5, 0.6) is 0 Å². The summed E-state index contributed by atoms with van der Waals surface area (Å²) in [6, 6.07) is 21.0. The van der Waals surface area contributed by atoms with Crippen LogP contribution in [0.2, 0.25) is 0 Å². The van der Waals surface area contributed by atoms with Crippen LogP contribution in [0.1, 0.15) is 174 Å². The predicted molar refractivity (Wildman–Crippen MR) is 326 cm³/mol. The van der Waals surface area contributed by atoms with Crippen molar-refractivity contribution < 1.29 is 24.2 Å². The Morgan fingerprint density at radius 3 is 1.43 bits per heavy atom. The Labute approximate surface area is 489 Å². The SMILES string of the molecule is CC(C)(C)c1cc(-c2cncc(C3CCN(C(=O)Cn4cnc5cccnc54)CC3)n2)cc(C(C)(C)C)c1.CC(C)c1cc(-c2cncc(C3CCN(C(=O)OC(C)(C)C)CC3)n2)cc(C(C)(C)C)c1.O=C(O)Cn1cnc2cccnc21. The lowest BCUT2D eigenvalue weighted by molar-refractivity contribution is -0.137. The Bertz CT molecular complexity index is 3510. The second-order valence-electron chi connectivity index (χ2n) is 26.4. The largest absolute Gasteiger partial charge is 0.480 e. The molecular formula is C66H84N12O5. The minimum absolute atomic E-state index is 0.0411. The number of amides is 2. The van der Waals surface area contributed by atoms with Crippen LogP contribution in [-0.2, 0) is 43.7 Å². The highest BCUT2D eigenvalue weighted by Gasteiger charge is 2.30. The van der Waals surface area contributed by atoms with Crippen LogP contribution in [-0.4, -0.2) is 114 Å². The van der Waals surface area contributed by atoms with E-state index in [1.807, 2.05) is 67.2 Å². The van der Waals surface area contributed by atoms with Gasteiger partial charge < -0.3 is 28.8 Å². The van der Waals surface area contributed by atoms with Crippen molar-refractivity contribution in [3.63, 3.8) is 0 Å². The predicted octanol–water partition coefficient (Wildman–Crippen LogP) is 13.1. The van der Waals surface area contributed by atoms with Gasteiger partial charge in [-0.3, -0.25) is 19.6 Å². The lowest BCUT2D eigenvalue weighted by Crippen LogP contribution is -2.41. The number of likely N-dealkylation sites (tertiary alicyclic amines) is 2. The lowest BCUT2D eigenvalue weighted by atomic mass is 9.79. The number of aliphatic carboxylic acids is 1. The van der Waals surface area contributed by atoms with Crippen LogP contribution < -0.4 is 0 Å². The van der Waals surface area contributed by atoms with E-state index in [0.29, 0.717) is 49.2 Å². The highest BCUT2D eigenvalue weighted by molar-refractivity contribution is 5.79. The summed E-state index contributed by atoms with van der Waals surface area (Å²) in [7, 11) is 0. The number of pyridine rings is 2. The molecule has 0 atom stereocenters. The van der Waals surface area contributed by atoms with E-state index in [2.05, 4.69) is 142 Å². The highest BCUT2D eigenvalue weighted by Crippen LogP contribution is 2.36. The maximum absolute atomic E-state index is 13.0. The number of carboxylic acid groups (broad SMARTS) is 1. The normalized spacial score (nSPS) is 14.7. The number of hydrogen-bond acceptors (Lipinski definition) is 12. The topological polar surface area (TPSA) is 200 Å². The van der Waals surface area contributed by atoms with Gasteiger partial charge in [-0.15, -0.1) is 0 Å². The number of carboxylic acids is 1. The van der Waals surface area contributed by atoms with E-state index in [-0.39, 0.29) is 47.3 Å². The average molecular weight is 1130 g/mol. The number of carbonyl (C=O) groups is 3. The molecule has 1 N–H and O–H groups in total. The Hall–Kier alpha value is -7.95. The quantitative estimate of drug-likeness (QED) is 0.143. The van der Waals surface area contributed by atoms with Crippen LogP contribution >= 0.6 is 0 Å². The second-order valence-corrected chi connectivity index (χ2v) is 26.4. The zero-order valence-corrected chi connectivity index (χ0v) is 51.1. The maximum atomic E-state index is 13.0. The number of piperidine rings is 2. The van der Waals surface area contributed by atoms with Gasteiger partial charge in [0.25, 0.3) is 0 Å². The third kappa shape index (κ3) is 16.0. The average Bonchev–Trinajstić information content (AvgIpc) is 4.25. The van der Waals surface area contributed by atoms with Crippen molar-refractivity contribution in [2.75, 3.05) is 26.2 Å². The van der Waals surface area contributed by atoms with Crippen LogP contribution in [0.3, 0.4) is 0 Å². The summed E-state index contributed by atoms with van der Waals surface area (Å²) in [5.74, 6) is 0.239. The minimum Gasteiger partial charge on any atom is -0.480 e. The summed E-state index contributed by atoms with van der Waals surface area (Å²) in [4.78, 5) is 75.6. The number of fused-ring (bicyclic) bond motifs is 2. The Balaban J connectivity index is 0.000000180. The van der Waals surface area contributed by atoms with Gasteiger partial charge in [0, 0.05) is 73.9 Å². The van der Waals surface area contributed by atoms with Crippen molar-refractivity contribution in [1.82, 2.24) is 58.8 Å². The molecule has 0 unspecified atom stereocenters. The Morgan fingerprint density at radius 2 is 1.00 bits per heavy atom. The molecule has 17 heteroatoms. The van der Waals surface area contributed by atoms with Crippen molar-refractivity contribution in [3.05, 3.63) is 144 Å². The summed E-state index contributed by atoms with van der Waals surface area (Å²) < 4.78 is 8.85. The molecule has 0 radical (unpaired) electrons. The van der Waals surface area contributed by atoms with Crippen molar-refractivity contribution in [1.29, 1.82) is 0 Å². The number of nitrogens with zero attached hydrogens (tertiary/aromatic N) is 12. The number of ether oxygens (including phenoxy) is 1. The van der Waals surface area contributed by atoms with E-state index in [9.17, 15) is 14.4 Å². The van der Waals surface area contributed by atoms with Crippen LogP contribution in [0.4, 0.5) is 4.79 Å². The van der Waals surface area contributed by atoms with Crippen molar-refractivity contribution in [3.8, 4) is 22.5 Å². The molecule has 2 saturated heterocycles. The molecular weight excluding hydrogens is 1040 g/mol. The number of aromatic nitrogens is 10. The zero-order chi connectivity index (χ0) is 60.0. The molecule has 2 amide bonds. The minimum atomic E-state index is -0.898. The molecule has 0 bridgehead atoms. The van der Waals surface area contributed by atoms with E-state index >= 15 is 0 Å². The summed E-state index contributed by atoms with van der Waals surface area (Å²) in [6.07, 6.45) is 17.3. The number of benzene rings is 2. The van der Waals surface area contributed by atoms with Gasteiger partial charge in [-0.2, -0.15) is 0 Å². The van der Waals surface area contributed by atoms with Gasteiger partial charge in [-0.05, 0) is 139 Å². The molecule has 6 aromatic heterocycles. The molecule has 0 spiro atoms. The molecule has 0 aliphatic carbocycles. The molecule has 2 fully saturated rings. The molecule has 10 rings (SSSR count). The van der Waals surface area contributed by atoms with Crippen molar-refractivity contribution in [2.45, 2.75) is 175 Å². The van der Waals surface area contributed by atoms with Gasteiger partial charge in [-0.1, -0.05) is 88.3 Å². The molecule has 2 aliphatic rings. The molecule has 0 saturated carbocycles. The molecule has 8 aromatic rings. The van der Waals surface area contributed by atoms with Gasteiger partial charge in [0.15, 0.2) is 11.3 Å². The Morgan fingerprint density at radius 1 is 0.566 bits per heavy atom. The van der Waals surface area contributed by atoms with E-state index in [1.165, 1.54) is 33.1 Å². The van der Waals surface area contributed by atoms with Gasteiger partial charge in [0.1, 0.15) is 29.7 Å². The molecule has 2 aromatic carbocycles. The molecule has 2 aliphatic heterocycles. The summed E-state index contributed by atoms with van der Waals surface area (Å²) in [5.41, 5.74) is 13.9. The van der Waals surface area contributed by atoms with Crippen LogP contribution in [0.15, 0.2) is 110 Å². The molecule has 8 heterocycles. The molecule has 83 heavy (non-hydrogen) atoms. The first-order valence-corrected chi connectivity index (χ1v) is 29.0. The molecule has 17 nitrogen and oxygen atoms in total. The second kappa shape index (κ2) is 25.3. The molecule has 438 valence electrons. The number of imidazole rings is 2. The van der Waals surface area contributed by atoms with E-state index in [4.69, 9.17) is 19.8 Å². The first-order chi connectivity index (χ1) is 39.1. The zero-order valence-electron chi connectivity index (χ0n) is 51.1. The number of rotatable bonds is 9. The van der Waals surface area contributed by atoms with Crippen molar-refractivity contribution >= 4 is 40.3 Å². The Kier molecular flexibility index (Phi) is 18.6. The van der Waals surface area contributed by atoms with E-state index in [1.54, 1.807) is 35.8 Å². The summed E-state index contributed by atoms with van der Waals surface area (Å²) in [6.45, 7) is 33.4. The fourth-order valence-corrected chi connectivity index (χ4v) is 10.2. The van der Waals surface area contributed by atoms with Crippen LogP contribution in [0, 0.1) is 0 Å². The van der Waals surface area contributed by atoms with Gasteiger partial charge >= 0.3 is 12.1 Å². The fourth-order valence-electron chi connectivity index (χ4n) is 10.2. The van der Waals surface area contributed by atoms with E-state index in [0.717, 1.165) is 70.7 Å². The fraction of sp³-hybridized carbons (Fsp3) is 0.470. The summed E-state index contributed by atoms with van der Waals surface area (Å²) >= 11 is 0. The summed E-state index contributed by atoms with van der Waals surface area (Å²) in [5, 5.41) is 8.57. The van der Waals surface area contributed by atoms with Gasteiger partial charge in [-0.25, -0.2) is 34.7 Å². The first-order valence-electron chi connectivity index (χ1n) is 29.0. The smallest absolute Gasteiger partial charge is 0.410 e. The lowest BCUT2D eigenvalue weighted by Gasteiger charge is -2.33. The maximum Gasteiger partial charge on any atom is 0.410 e. The standard InChI is InChI=1S/C31H38N6O.C27H39N3O2.C8H7N3O2/c1-30(2,3)23-14-22(15-24(16-23)31(4,5)6)27-18-32-17-26(35-27)21-9-12-36(13-10-21)28(38)19-37-20-34-25-8-7-11-33-29(25)37;1-18(2)20-13-21(15-22(14-20)26(3,4)5)24-17-28-16-23(29-24)19-9-11-30(12-10-19)25(31)32-27(6,7)8;12-7(13)4-11-5-10-6-2-1-3-9-8(6)11/h7-8,11,14-18,20-21H,9-10,12-13,19H2,1-6H3;13-19H,9-12H2,1-8H3;1-3,5H,4H2,(H,12,13). The van der Waals surface area contributed by atoms with Gasteiger partial charge in [0.05, 0.1) is 47.8 Å².